The van der Waals surface area contributed by atoms with Gasteiger partial charge < -0.3 is 11.5 Å². The van der Waals surface area contributed by atoms with Gasteiger partial charge in [0, 0.05) is 0 Å². The Morgan fingerprint density at radius 2 is 1.77 bits per heavy atom. The maximum absolute atomic E-state index is 12.3. The number of aryl methyl sites for hydroxylation is 1. The minimum atomic E-state index is -3.76. The van der Waals surface area contributed by atoms with E-state index < -0.39 is 22.0 Å². The van der Waals surface area contributed by atoms with Gasteiger partial charge in [-0.25, -0.2) is 8.42 Å². The largest absolute Gasteiger partial charge is 0.368 e. The van der Waals surface area contributed by atoms with Crippen molar-refractivity contribution in [3.8, 4) is 0 Å². The van der Waals surface area contributed by atoms with Gasteiger partial charge in [-0.3, -0.25) is 4.79 Å². The van der Waals surface area contributed by atoms with Crippen LogP contribution < -0.4 is 16.2 Å². The van der Waals surface area contributed by atoms with E-state index in [1.807, 2.05) is 0 Å². The first kappa shape index (κ1) is 18.6. The molecular formula is C15H25N3O3S. The molecule has 0 heterocycles. The lowest BCUT2D eigenvalue weighted by Gasteiger charge is -2.19. The number of nitrogens with one attached hydrogen (secondary N) is 1. The van der Waals surface area contributed by atoms with Gasteiger partial charge in [0.1, 0.15) is 6.04 Å². The van der Waals surface area contributed by atoms with Gasteiger partial charge in [0.25, 0.3) is 0 Å². The maximum atomic E-state index is 12.3. The van der Waals surface area contributed by atoms with Crippen molar-refractivity contribution >= 4 is 15.9 Å². The zero-order valence-corrected chi connectivity index (χ0v) is 13.9. The van der Waals surface area contributed by atoms with Gasteiger partial charge in [-0.2, -0.15) is 4.72 Å². The minimum absolute atomic E-state index is 0.127. The topological polar surface area (TPSA) is 115 Å². The van der Waals surface area contributed by atoms with Crippen molar-refractivity contribution in [2.24, 2.45) is 17.4 Å². The summed E-state index contributed by atoms with van der Waals surface area (Å²) in [7, 11) is -3.76. The molecule has 1 atom stereocenters. The third kappa shape index (κ3) is 5.40. The lowest BCUT2D eigenvalue weighted by Crippen LogP contribution is -2.47. The van der Waals surface area contributed by atoms with Gasteiger partial charge in [0.05, 0.1) is 4.90 Å². The summed E-state index contributed by atoms with van der Waals surface area (Å²) in [5, 5.41) is 0. The van der Waals surface area contributed by atoms with Crippen molar-refractivity contribution in [2.45, 2.75) is 44.0 Å². The second-order valence-electron chi connectivity index (χ2n) is 5.64. The number of amides is 1. The Hall–Kier alpha value is -1.44. The van der Waals surface area contributed by atoms with E-state index in [1.165, 1.54) is 0 Å². The second-order valence-corrected chi connectivity index (χ2v) is 7.35. The fourth-order valence-corrected chi connectivity index (χ4v) is 3.42. The molecule has 0 fully saturated rings. The minimum Gasteiger partial charge on any atom is -0.368 e. The number of benzene rings is 1. The molecule has 0 aliphatic carbocycles. The first-order valence-corrected chi connectivity index (χ1v) is 8.87. The average molecular weight is 327 g/mol. The molecule has 0 aromatic heterocycles. The van der Waals surface area contributed by atoms with Crippen molar-refractivity contribution < 1.29 is 13.2 Å². The molecule has 6 nitrogen and oxygen atoms in total. The molecule has 0 saturated carbocycles. The van der Waals surface area contributed by atoms with E-state index in [1.54, 1.807) is 38.1 Å². The highest BCUT2D eigenvalue weighted by molar-refractivity contribution is 7.89. The average Bonchev–Trinajstić information content (AvgIpc) is 2.45. The molecule has 1 aromatic rings. The fourth-order valence-electron chi connectivity index (χ4n) is 2.07. The summed E-state index contributed by atoms with van der Waals surface area (Å²) in [6.45, 7) is 4.12. The van der Waals surface area contributed by atoms with Crippen LogP contribution in [-0.2, 0) is 21.2 Å². The fraction of sp³-hybridized carbons (Fsp3) is 0.533. The highest BCUT2D eigenvalue weighted by Crippen LogP contribution is 2.14. The van der Waals surface area contributed by atoms with E-state index in [2.05, 4.69) is 4.72 Å². The second kappa shape index (κ2) is 8.26. The van der Waals surface area contributed by atoms with Crippen LogP contribution in [0.2, 0.25) is 0 Å². The highest BCUT2D eigenvalue weighted by atomic mass is 32.2. The Bertz CT molecular complexity index is 583. The van der Waals surface area contributed by atoms with Crippen LogP contribution in [0.4, 0.5) is 0 Å². The summed E-state index contributed by atoms with van der Waals surface area (Å²) in [6, 6.07) is 5.71. The summed E-state index contributed by atoms with van der Waals surface area (Å²) in [6.07, 6.45) is 2.77. The normalized spacial score (nSPS) is 13.3. The van der Waals surface area contributed by atoms with Gasteiger partial charge >= 0.3 is 0 Å². The Balaban J connectivity index is 2.82. The number of hydrogen-bond donors (Lipinski definition) is 3. The quantitative estimate of drug-likeness (QED) is 0.581. The van der Waals surface area contributed by atoms with Crippen molar-refractivity contribution in [3.05, 3.63) is 29.8 Å². The van der Waals surface area contributed by atoms with Crippen molar-refractivity contribution in [2.75, 3.05) is 6.54 Å². The van der Waals surface area contributed by atoms with Gasteiger partial charge in [-0.1, -0.05) is 26.0 Å². The van der Waals surface area contributed by atoms with Crippen LogP contribution in [0, 0.1) is 5.92 Å². The number of sulfonamides is 1. The molecule has 1 rings (SSSR count). The molecule has 0 saturated heterocycles. The zero-order chi connectivity index (χ0) is 16.8. The van der Waals surface area contributed by atoms with Gasteiger partial charge in [-0.15, -0.1) is 0 Å². The summed E-state index contributed by atoms with van der Waals surface area (Å²) < 4.78 is 26.9. The van der Waals surface area contributed by atoms with Gasteiger partial charge in [0.15, 0.2) is 0 Å². The number of rotatable bonds is 9. The predicted molar refractivity (Wildman–Crippen MR) is 86.6 cm³/mol. The standard InChI is InChI=1S/C15H25N3O3S/c1-11(2)14(15(17)19)18-22(20,21)13-8-6-12(7-9-13)5-3-4-10-16/h6-9,11,14,18H,3-5,10,16H2,1-2H3,(H2,17,19). The predicted octanol–water partition coefficient (Wildman–Crippen LogP) is 0.756. The zero-order valence-electron chi connectivity index (χ0n) is 13.1. The SMILES string of the molecule is CC(C)C(NS(=O)(=O)c1ccc(CCCCN)cc1)C(N)=O. The summed E-state index contributed by atoms with van der Waals surface area (Å²) in [5.74, 6) is -0.903. The number of carbonyl (C=O) groups excluding carboxylic acids is 1. The lowest BCUT2D eigenvalue weighted by molar-refractivity contribution is -0.120. The third-order valence-corrected chi connectivity index (χ3v) is 4.87. The number of hydrogen-bond acceptors (Lipinski definition) is 4. The van der Waals surface area contributed by atoms with Crippen molar-refractivity contribution in [3.63, 3.8) is 0 Å². The molecule has 0 aliphatic heterocycles. The van der Waals surface area contributed by atoms with E-state index in [0.717, 1.165) is 24.8 Å². The molecule has 0 bridgehead atoms. The molecule has 7 heteroatoms. The number of carbonyl (C=O) groups is 1. The van der Waals surface area contributed by atoms with Crippen LogP contribution in [0.1, 0.15) is 32.3 Å². The summed E-state index contributed by atoms with van der Waals surface area (Å²) in [5.41, 5.74) is 11.7. The van der Waals surface area contributed by atoms with E-state index in [0.29, 0.717) is 6.54 Å². The lowest BCUT2D eigenvalue weighted by atomic mass is 10.1. The molecule has 0 spiro atoms. The first-order valence-electron chi connectivity index (χ1n) is 7.38. The molecule has 0 radical (unpaired) electrons. The van der Waals surface area contributed by atoms with Crippen LogP contribution in [0.5, 0.6) is 0 Å². The molecule has 5 N–H and O–H groups in total. The van der Waals surface area contributed by atoms with Crippen LogP contribution in [0.25, 0.3) is 0 Å². The third-order valence-electron chi connectivity index (χ3n) is 3.41. The summed E-state index contributed by atoms with van der Waals surface area (Å²) in [4.78, 5) is 11.5. The summed E-state index contributed by atoms with van der Waals surface area (Å²) >= 11 is 0. The smallest absolute Gasteiger partial charge is 0.241 e. The molecule has 1 amide bonds. The van der Waals surface area contributed by atoms with Gasteiger partial charge in [0.2, 0.25) is 15.9 Å². The maximum Gasteiger partial charge on any atom is 0.241 e. The molecule has 0 aliphatic rings. The van der Waals surface area contributed by atoms with Crippen LogP contribution >= 0.6 is 0 Å². The Kier molecular flexibility index (Phi) is 6.99. The van der Waals surface area contributed by atoms with Crippen LogP contribution in [0.3, 0.4) is 0 Å². The Morgan fingerprint density at radius 3 is 2.23 bits per heavy atom. The molecular weight excluding hydrogens is 302 g/mol. The van der Waals surface area contributed by atoms with Gasteiger partial charge in [-0.05, 0) is 49.4 Å². The van der Waals surface area contributed by atoms with Crippen molar-refractivity contribution in [1.82, 2.24) is 4.72 Å². The molecule has 22 heavy (non-hydrogen) atoms. The van der Waals surface area contributed by atoms with E-state index >= 15 is 0 Å². The Labute approximate surface area is 132 Å². The first-order chi connectivity index (χ1) is 10.3. The molecule has 1 aromatic carbocycles. The van der Waals surface area contributed by atoms with Crippen LogP contribution in [0.15, 0.2) is 29.2 Å². The number of nitrogens with two attached hydrogens (primary N) is 2. The molecule has 1 unspecified atom stereocenters. The highest BCUT2D eigenvalue weighted by Gasteiger charge is 2.26. The van der Waals surface area contributed by atoms with Crippen LogP contribution in [-0.4, -0.2) is 26.9 Å². The monoisotopic (exact) mass is 327 g/mol. The Morgan fingerprint density at radius 1 is 1.18 bits per heavy atom. The van der Waals surface area contributed by atoms with Crippen molar-refractivity contribution in [1.29, 1.82) is 0 Å². The van der Waals surface area contributed by atoms with E-state index in [4.69, 9.17) is 11.5 Å². The molecule has 124 valence electrons. The number of unbranched alkanes of at least 4 members (excludes halogenated alkanes) is 1. The van der Waals surface area contributed by atoms with E-state index in [9.17, 15) is 13.2 Å². The number of primary amides is 1. The van der Waals surface area contributed by atoms with E-state index in [-0.39, 0.29) is 10.8 Å².